The second-order valence-electron chi connectivity index (χ2n) is 6.26. The van der Waals surface area contributed by atoms with E-state index in [1.54, 1.807) is 0 Å². The Morgan fingerprint density at radius 3 is 2.41 bits per heavy atom. The Morgan fingerprint density at radius 1 is 1.24 bits per heavy atom. The molecule has 1 rings (SSSR count). The van der Waals surface area contributed by atoms with Gasteiger partial charge in [0.1, 0.15) is 0 Å². The lowest BCUT2D eigenvalue weighted by atomic mass is 9.95. The predicted molar refractivity (Wildman–Crippen MR) is 76.3 cm³/mol. The summed E-state index contributed by atoms with van der Waals surface area (Å²) in [7, 11) is 0. The van der Waals surface area contributed by atoms with E-state index in [9.17, 15) is 0 Å². The summed E-state index contributed by atoms with van der Waals surface area (Å²) in [6.07, 6.45) is 4.61. The molecule has 0 aliphatic carbocycles. The van der Waals surface area contributed by atoms with Crippen LogP contribution in [0, 0.1) is 11.8 Å². The van der Waals surface area contributed by atoms with E-state index in [0.29, 0.717) is 12.1 Å². The van der Waals surface area contributed by atoms with E-state index in [4.69, 9.17) is 0 Å². The molecular weight excluding hydrogens is 208 g/mol. The van der Waals surface area contributed by atoms with Crippen LogP contribution in [0.15, 0.2) is 12.7 Å². The van der Waals surface area contributed by atoms with Crippen molar-refractivity contribution < 1.29 is 0 Å². The normalized spacial score (nSPS) is 26.7. The first-order valence-electron chi connectivity index (χ1n) is 7.11. The van der Waals surface area contributed by atoms with E-state index in [1.165, 1.54) is 19.4 Å². The summed E-state index contributed by atoms with van der Waals surface area (Å²) in [5.74, 6) is 1.55. The maximum Gasteiger partial charge on any atom is 0.0227 e. The first-order valence-corrected chi connectivity index (χ1v) is 7.11. The molecule has 1 N–H and O–H groups in total. The van der Waals surface area contributed by atoms with Gasteiger partial charge in [-0.2, -0.15) is 0 Å². The predicted octanol–water partition coefficient (Wildman–Crippen LogP) is 2.91. The van der Waals surface area contributed by atoms with E-state index in [2.05, 4.69) is 44.5 Å². The number of hydrogen-bond donors (Lipinski definition) is 1. The van der Waals surface area contributed by atoms with E-state index in [1.807, 2.05) is 6.08 Å². The molecule has 0 aromatic carbocycles. The number of nitrogens with one attached hydrogen (secondary N) is 1. The quantitative estimate of drug-likeness (QED) is 0.716. The maximum atomic E-state index is 3.89. The molecule has 0 radical (unpaired) electrons. The fourth-order valence-corrected chi connectivity index (χ4v) is 2.82. The summed E-state index contributed by atoms with van der Waals surface area (Å²) >= 11 is 0. The molecule has 1 aliphatic rings. The fourth-order valence-electron chi connectivity index (χ4n) is 2.82. The average Bonchev–Trinajstić information content (AvgIpc) is 2.21. The fraction of sp³-hybridized carbons (Fsp3) is 0.867. The van der Waals surface area contributed by atoms with Crippen LogP contribution in [0.4, 0.5) is 0 Å². The van der Waals surface area contributed by atoms with Crippen LogP contribution in [0.1, 0.15) is 40.5 Å². The minimum Gasteiger partial charge on any atom is -0.311 e. The molecule has 0 bridgehead atoms. The molecule has 2 heteroatoms. The molecule has 1 fully saturated rings. The van der Waals surface area contributed by atoms with Crippen molar-refractivity contribution in [3.63, 3.8) is 0 Å². The topological polar surface area (TPSA) is 15.3 Å². The standard InChI is InChI=1S/C15H30N2/c1-6-7-17-11-14(8-12(2)3)16-10-15(17)9-13(4)5/h6,12-16H,1,7-11H2,2-5H3. The molecule has 2 nitrogen and oxygen atoms in total. The van der Waals surface area contributed by atoms with Gasteiger partial charge in [-0.25, -0.2) is 0 Å². The van der Waals surface area contributed by atoms with Gasteiger partial charge >= 0.3 is 0 Å². The number of piperazine rings is 1. The zero-order valence-electron chi connectivity index (χ0n) is 12.1. The third-order valence-electron chi connectivity index (χ3n) is 3.48. The highest BCUT2D eigenvalue weighted by atomic mass is 15.2. The molecule has 0 amide bonds. The molecule has 2 unspecified atom stereocenters. The Hall–Kier alpha value is -0.340. The second kappa shape index (κ2) is 7.17. The van der Waals surface area contributed by atoms with Gasteiger partial charge in [-0.1, -0.05) is 33.8 Å². The van der Waals surface area contributed by atoms with E-state index < -0.39 is 0 Å². The number of hydrogen-bond acceptors (Lipinski definition) is 2. The van der Waals surface area contributed by atoms with Gasteiger partial charge in [0.2, 0.25) is 0 Å². The summed E-state index contributed by atoms with van der Waals surface area (Å²) in [6, 6.07) is 1.36. The lowest BCUT2D eigenvalue weighted by molar-refractivity contribution is 0.120. The van der Waals surface area contributed by atoms with Gasteiger partial charge in [-0.05, 0) is 24.7 Å². The second-order valence-corrected chi connectivity index (χ2v) is 6.26. The van der Waals surface area contributed by atoms with Crippen LogP contribution >= 0.6 is 0 Å². The molecule has 1 aliphatic heterocycles. The molecule has 17 heavy (non-hydrogen) atoms. The Morgan fingerprint density at radius 2 is 1.88 bits per heavy atom. The first-order chi connectivity index (χ1) is 8.02. The Bertz CT molecular complexity index is 223. The summed E-state index contributed by atoms with van der Waals surface area (Å²) in [5, 5.41) is 3.72. The van der Waals surface area contributed by atoms with Crippen molar-refractivity contribution >= 4 is 0 Å². The van der Waals surface area contributed by atoms with Gasteiger partial charge in [0.25, 0.3) is 0 Å². The molecule has 2 atom stereocenters. The first kappa shape index (κ1) is 14.7. The van der Waals surface area contributed by atoms with Gasteiger partial charge in [0.05, 0.1) is 0 Å². The zero-order chi connectivity index (χ0) is 12.8. The highest BCUT2D eigenvalue weighted by Crippen LogP contribution is 2.18. The summed E-state index contributed by atoms with van der Waals surface area (Å²) in [5.41, 5.74) is 0. The van der Waals surface area contributed by atoms with Crippen molar-refractivity contribution in [3.8, 4) is 0 Å². The largest absolute Gasteiger partial charge is 0.311 e. The van der Waals surface area contributed by atoms with Crippen molar-refractivity contribution in [3.05, 3.63) is 12.7 Å². The molecule has 100 valence electrons. The van der Waals surface area contributed by atoms with Crippen LogP contribution in [-0.4, -0.2) is 36.6 Å². The van der Waals surface area contributed by atoms with Crippen LogP contribution in [0.2, 0.25) is 0 Å². The van der Waals surface area contributed by atoms with Gasteiger partial charge < -0.3 is 5.32 Å². The summed E-state index contributed by atoms with van der Waals surface area (Å²) in [4.78, 5) is 2.61. The summed E-state index contributed by atoms with van der Waals surface area (Å²) in [6.45, 7) is 16.5. The van der Waals surface area contributed by atoms with Gasteiger partial charge in [0.15, 0.2) is 0 Å². The molecule has 1 saturated heterocycles. The van der Waals surface area contributed by atoms with E-state index in [-0.39, 0.29) is 0 Å². The lowest BCUT2D eigenvalue weighted by Crippen LogP contribution is -2.57. The highest BCUT2D eigenvalue weighted by Gasteiger charge is 2.27. The Kier molecular flexibility index (Phi) is 6.21. The van der Waals surface area contributed by atoms with Crippen LogP contribution in [0.3, 0.4) is 0 Å². The molecule has 1 heterocycles. The number of nitrogens with zero attached hydrogens (tertiary/aromatic N) is 1. The lowest BCUT2D eigenvalue weighted by Gasteiger charge is -2.41. The van der Waals surface area contributed by atoms with Gasteiger partial charge in [-0.3, -0.25) is 4.90 Å². The third-order valence-corrected chi connectivity index (χ3v) is 3.48. The van der Waals surface area contributed by atoms with Crippen LogP contribution < -0.4 is 5.32 Å². The van der Waals surface area contributed by atoms with Crippen LogP contribution in [0.25, 0.3) is 0 Å². The van der Waals surface area contributed by atoms with Crippen molar-refractivity contribution in [1.29, 1.82) is 0 Å². The van der Waals surface area contributed by atoms with Crippen LogP contribution in [0.5, 0.6) is 0 Å². The zero-order valence-corrected chi connectivity index (χ0v) is 12.1. The summed E-state index contributed by atoms with van der Waals surface area (Å²) < 4.78 is 0. The van der Waals surface area contributed by atoms with Crippen molar-refractivity contribution in [2.45, 2.75) is 52.6 Å². The average molecular weight is 238 g/mol. The number of rotatable bonds is 6. The SMILES string of the molecule is C=CCN1CC(CC(C)C)NCC1CC(C)C. The van der Waals surface area contributed by atoms with E-state index in [0.717, 1.165) is 24.9 Å². The highest BCUT2D eigenvalue weighted by molar-refractivity contribution is 4.90. The minimum absolute atomic E-state index is 0.665. The van der Waals surface area contributed by atoms with E-state index >= 15 is 0 Å². The molecule has 0 aromatic rings. The van der Waals surface area contributed by atoms with Crippen molar-refractivity contribution in [2.75, 3.05) is 19.6 Å². The monoisotopic (exact) mass is 238 g/mol. The minimum atomic E-state index is 0.665. The smallest absolute Gasteiger partial charge is 0.0227 e. The van der Waals surface area contributed by atoms with Crippen LogP contribution in [-0.2, 0) is 0 Å². The third kappa shape index (κ3) is 5.22. The molecule has 0 spiro atoms. The molecule has 0 aromatic heterocycles. The molecule has 0 saturated carbocycles. The Labute approximate surface area is 107 Å². The Balaban J connectivity index is 2.51. The van der Waals surface area contributed by atoms with Crippen molar-refractivity contribution in [1.82, 2.24) is 10.2 Å². The van der Waals surface area contributed by atoms with Gasteiger partial charge in [0, 0.05) is 31.7 Å². The van der Waals surface area contributed by atoms with Crippen molar-refractivity contribution in [2.24, 2.45) is 11.8 Å². The maximum absolute atomic E-state index is 3.89. The van der Waals surface area contributed by atoms with Gasteiger partial charge in [-0.15, -0.1) is 6.58 Å². The molecular formula is C15H30N2.